The lowest BCUT2D eigenvalue weighted by atomic mass is 9.92. The van der Waals surface area contributed by atoms with Crippen LogP contribution in [0.5, 0.6) is 5.19 Å². The van der Waals surface area contributed by atoms with E-state index in [4.69, 9.17) is 9.26 Å². The van der Waals surface area contributed by atoms with Crippen LogP contribution in [0.2, 0.25) is 0 Å². The molecule has 4 aromatic rings. The van der Waals surface area contributed by atoms with Crippen LogP contribution < -0.4 is 9.64 Å². The lowest BCUT2D eigenvalue weighted by molar-refractivity contribution is 0.131. The summed E-state index contributed by atoms with van der Waals surface area (Å²) in [5.41, 5.74) is 2.10. The second-order valence-corrected chi connectivity index (χ2v) is 11.2. The van der Waals surface area contributed by atoms with Gasteiger partial charge in [-0.05, 0) is 37.8 Å². The van der Waals surface area contributed by atoms with Crippen LogP contribution in [0.3, 0.4) is 0 Å². The van der Waals surface area contributed by atoms with Crippen molar-refractivity contribution in [1.82, 2.24) is 30.1 Å². The molecule has 10 nitrogen and oxygen atoms in total. The second kappa shape index (κ2) is 12.0. The lowest BCUT2D eigenvalue weighted by Crippen LogP contribution is -2.38. The van der Waals surface area contributed by atoms with Gasteiger partial charge in [-0.3, -0.25) is 9.19 Å². The summed E-state index contributed by atoms with van der Waals surface area (Å²) < 4.78 is 23.2. The van der Waals surface area contributed by atoms with Gasteiger partial charge in [0.25, 0.3) is 5.19 Å². The Balaban J connectivity index is 0.00000156. The van der Waals surface area contributed by atoms with Gasteiger partial charge in [-0.25, -0.2) is 15.0 Å². The lowest BCUT2D eigenvalue weighted by Gasteiger charge is -2.33. The molecule has 37 heavy (non-hydrogen) atoms. The summed E-state index contributed by atoms with van der Waals surface area (Å²) in [4.78, 5) is 25.3. The molecule has 0 aromatic carbocycles. The van der Waals surface area contributed by atoms with Gasteiger partial charge in [-0.15, -0.1) is 0 Å². The second-order valence-electron chi connectivity index (χ2n) is 8.93. The first-order valence-electron chi connectivity index (χ1n) is 12.6. The molecule has 1 saturated heterocycles. The van der Waals surface area contributed by atoms with E-state index in [0.717, 1.165) is 42.1 Å². The van der Waals surface area contributed by atoms with E-state index in [1.807, 2.05) is 26.0 Å². The first kappa shape index (κ1) is 27.1. The van der Waals surface area contributed by atoms with Crippen molar-refractivity contribution in [3.05, 3.63) is 30.4 Å². The number of ether oxygens (including phenoxy) is 1. The van der Waals surface area contributed by atoms with Gasteiger partial charge in [-0.2, -0.15) is 4.98 Å². The molecule has 0 N–H and O–H groups in total. The summed E-state index contributed by atoms with van der Waals surface area (Å²) in [6.07, 6.45) is 6.67. The molecule has 0 aliphatic carbocycles. The van der Waals surface area contributed by atoms with Gasteiger partial charge < -0.3 is 14.2 Å². The van der Waals surface area contributed by atoms with Crippen molar-refractivity contribution in [2.45, 2.75) is 64.5 Å². The molecule has 5 heterocycles. The highest BCUT2D eigenvalue weighted by atomic mass is 32.2. The molecule has 0 bridgehead atoms. The summed E-state index contributed by atoms with van der Waals surface area (Å²) in [6, 6.07) is 4.38. The van der Waals surface area contributed by atoms with Gasteiger partial charge in [0.15, 0.2) is 5.82 Å². The molecule has 2 atom stereocenters. The number of thiazole rings is 1. The van der Waals surface area contributed by atoms with Crippen LogP contribution in [0.4, 0.5) is 6.01 Å². The Kier molecular flexibility index (Phi) is 8.80. The molecule has 12 heteroatoms. The highest BCUT2D eigenvalue weighted by molar-refractivity contribution is 7.84. The van der Waals surface area contributed by atoms with Crippen molar-refractivity contribution in [3.8, 4) is 16.6 Å². The SMILES string of the molecule is CC.CC(C)c1noc(N2CCC(C(C)Oc3nc4ccc(-c5cnc(S(C)=O)cn5)nc4s3)CC2)n1. The number of nitrogens with zero attached hydrogens (tertiary/aromatic N) is 7. The zero-order valence-electron chi connectivity index (χ0n) is 22.0. The average Bonchev–Trinajstić information content (AvgIpc) is 3.57. The number of fused-ring (bicyclic) bond motifs is 1. The van der Waals surface area contributed by atoms with E-state index in [2.05, 4.69) is 55.7 Å². The van der Waals surface area contributed by atoms with Crippen LogP contribution in [0.1, 0.15) is 59.2 Å². The molecule has 1 aliphatic heterocycles. The molecule has 0 spiro atoms. The topological polar surface area (TPSA) is 120 Å². The van der Waals surface area contributed by atoms with Crippen molar-refractivity contribution in [2.75, 3.05) is 24.2 Å². The van der Waals surface area contributed by atoms with Gasteiger partial charge in [0.2, 0.25) is 0 Å². The summed E-state index contributed by atoms with van der Waals surface area (Å²) in [5.74, 6) is 1.40. The van der Waals surface area contributed by atoms with Crippen LogP contribution in [-0.4, -0.2) is 59.7 Å². The number of aromatic nitrogens is 6. The maximum atomic E-state index is 11.5. The Morgan fingerprint density at radius 3 is 2.43 bits per heavy atom. The van der Waals surface area contributed by atoms with E-state index in [9.17, 15) is 4.21 Å². The molecule has 0 amide bonds. The van der Waals surface area contributed by atoms with Crippen LogP contribution in [0.25, 0.3) is 21.7 Å². The molecule has 1 fully saturated rings. The molecule has 1 aliphatic rings. The van der Waals surface area contributed by atoms with E-state index in [1.165, 1.54) is 17.5 Å². The fourth-order valence-corrected chi connectivity index (χ4v) is 5.27. The van der Waals surface area contributed by atoms with Crippen LogP contribution in [0, 0.1) is 5.92 Å². The third kappa shape index (κ3) is 6.30. The Morgan fingerprint density at radius 1 is 1.05 bits per heavy atom. The van der Waals surface area contributed by atoms with E-state index in [1.54, 1.807) is 12.5 Å². The fourth-order valence-electron chi connectivity index (χ4n) is 3.99. The average molecular weight is 544 g/mol. The van der Waals surface area contributed by atoms with E-state index in [0.29, 0.717) is 33.5 Å². The van der Waals surface area contributed by atoms with E-state index < -0.39 is 10.8 Å². The minimum atomic E-state index is -1.17. The summed E-state index contributed by atoms with van der Waals surface area (Å²) in [7, 11) is -1.17. The van der Waals surface area contributed by atoms with Crippen molar-refractivity contribution < 1.29 is 13.5 Å². The number of piperidine rings is 1. The van der Waals surface area contributed by atoms with Gasteiger partial charge in [0.05, 0.1) is 28.9 Å². The Bertz CT molecular complexity index is 1330. The molecular formula is C25H33N7O3S2. The minimum Gasteiger partial charge on any atom is -0.467 e. The monoisotopic (exact) mass is 543 g/mol. The Morgan fingerprint density at radius 2 is 1.81 bits per heavy atom. The standard InChI is InChI=1S/C23H27N7O3S2.C2H6/c1-13(2)20-28-22(33-29-20)30-9-7-15(8-10-30)14(3)32-23-27-17-6-5-16(26-21(17)34-23)18-11-25-19(12-24-18)35(4)31;1-2/h5-6,11-15H,7-10H2,1-4H3;1-2H3. The fraction of sp³-hybridized carbons (Fsp3) is 0.520. The molecule has 0 radical (unpaired) electrons. The van der Waals surface area contributed by atoms with Crippen molar-refractivity contribution in [2.24, 2.45) is 5.92 Å². The quantitative estimate of drug-likeness (QED) is 0.311. The van der Waals surface area contributed by atoms with Crippen molar-refractivity contribution in [3.63, 3.8) is 0 Å². The molecular weight excluding hydrogens is 510 g/mol. The van der Waals surface area contributed by atoms with E-state index >= 15 is 0 Å². The molecule has 5 rings (SSSR count). The zero-order valence-corrected chi connectivity index (χ0v) is 23.7. The minimum absolute atomic E-state index is 0.0272. The summed E-state index contributed by atoms with van der Waals surface area (Å²) >= 11 is 1.42. The van der Waals surface area contributed by atoms with Gasteiger partial charge in [0, 0.05) is 25.3 Å². The Labute approximate surface area is 223 Å². The first-order valence-corrected chi connectivity index (χ1v) is 14.9. The summed E-state index contributed by atoms with van der Waals surface area (Å²) in [6.45, 7) is 11.9. The van der Waals surface area contributed by atoms with Crippen LogP contribution in [0.15, 0.2) is 34.1 Å². The maximum Gasteiger partial charge on any atom is 0.324 e. The van der Waals surface area contributed by atoms with Crippen LogP contribution in [-0.2, 0) is 10.8 Å². The summed E-state index contributed by atoms with van der Waals surface area (Å²) in [5, 5.41) is 5.13. The normalized spacial score (nSPS) is 15.9. The maximum absolute atomic E-state index is 11.5. The van der Waals surface area contributed by atoms with Crippen molar-refractivity contribution in [1.29, 1.82) is 0 Å². The third-order valence-electron chi connectivity index (χ3n) is 6.13. The van der Waals surface area contributed by atoms with Gasteiger partial charge in [0.1, 0.15) is 27.2 Å². The smallest absolute Gasteiger partial charge is 0.324 e. The molecule has 2 unspecified atom stereocenters. The number of rotatable bonds is 7. The number of pyridine rings is 1. The molecule has 198 valence electrons. The molecule has 0 saturated carbocycles. The number of hydrogen-bond acceptors (Lipinski definition) is 11. The largest absolute Gasteiger partial charge is 0.467 e. The highest BCUT2D eigenvalue weighted by Gasteiger charge is 2.28. The Hall–Kier alpha value is -2.99. The van der Waals surface area contributed by atoms with Crippen molar-refractivity contribution >= 4 is 38.5 Å². The van der Waals surface area contributed by atoms with E-state index in [-0.39, 0.29) is 12.0 Å². The molecule has 4 aromatic heterocycles. The first-order chi connectivity index (χ1) is 17.9. The van der Waals surface area contributed by atoms with Gasteiger partial charge >= 0.3 is 6.01 Å². The predicted molar refractivity (Wildman–Crippen MR) is 146 cm³/mol. The van der Waals surface area contributed by atoms with Gasteiger partial charge in [-0.1, -0.05) is 44.2 Å². The number of anilines is 1. The highest BCUT2D eigenvalue weighted by Crippen LogP contribution is 2.32. The number of hydrogen-bond donors (Lipinski definition) is 0. The van der Waals surface area contributed by atoms with Crippen LogP contribution >= 0.6 is 11.3 Å². The zero-order chi connectivity index (χ0) is 26.5. The third-order valence-corrected chi connectivity index (χ3v) is 7.78. The predicted octanol–water partition coefficient (Wildman–Crippen LogP) is 5.10.